The van der Waals surface area contributed by atoms with Gasteiger partial charge in [-0.25, -0.2) is 0 Å². The molecule has 0 aliphatic rings. The van der Waals surface area contributed by atoms with Crippen LogP contribution in [0.4, 0.5) is 0 Å². The second-order valence-corrected chi connectivity index (χ2v) is 3.36. The maximum Gasteiger partial charge on any atom is 0.321 e. The van der Waals surface area contributed by atoms with E-state index in [1.807, 2.05) is 0 Å². The summed E-state index contributed by atoms with van der Waals surface area (Å²) in [5.41, 5.74) is 6.11. The average Bonchev–Trinajstić information content (AvgIpc) is 2.18. The van der Waals surface area contributed by atoms with Crippen molar-refractivity contribution < 1.29 is 14.7 Å². The molecule has 80 valence electrons. The minimum Gasteiger partial charge on any atom is -0.480 e. The van der Waals surface area contributed by atoms with Crippen molar-refractivity contribution in [3.63, 3.8) is 0 Å². The van der Waals surface area contributed by atoms with Crippen LogP contribution in [0.1, 0.15) is 18.4 Å². The number of Topliss-reactive ketones (excluding diaryl/α,β-unsaturated/α-hetero) is 1. The van der Waals surface area contributed by atoms with E-state index in [2.05, 4.69) is 0 Å². The van der Waals surface area contributed by atoms with E-state index in [0.717, 1.165) is 0 Å². The van der Waals surface area contributed by atoms with Gasteiger partial charge in [-0.3, -0.25) is 9.59 Å². The summed E-state index contributed by atoms with van der Waals surface area (Å²) >= 11 is 0. The minimum atomic E-state index is -1.19. The third kappa shape index (κ3) is 2.63. The lowest BCUT2D eigenvalue weighted by Crippen LogP contribution is -2.39. The molecule has 0 aromatic heterocycles. The van der Waals surface area contributed by atoms with Gasteiger partial charge in [-0.1, -0.05) is 30.3 Å². The summed E-state index contributed by atoms with van der Waals surface area (Å²) in [6.07, 6.45) is 0. The number of carbonyl (C=O) groups excluding carboxylic acids is 1. The Labute approximate surface area is 87.7 Å². The molecular weight excluding hydrogens is 194 g/mol. The Balaban J connectivity index is 3.04. The highest BCUT2D eigenvalue weighted by Gasteiger charge is 2.29. The fourth-order valence-corrected chi connectivity index (χ4v) is 1.50. The lowest BCUT2D eigenvalue weighted by atomic mass is 9.89. The van der Waals surface area contributed by atoms with E-state index >= 15 is 0 Å². The quantitative estimate of drug-likeness (QED) is 0.764. The van der Waals surface area contributed by atoms with Crippen LogP contribution in [0.2, 0.25) is 0 Å². The van der Waals surface area contributed by atoms with Crippen LogP contribution in [0, 0.1) is 0 Å². The van der Waals surface area contributed by atoms with Crippen molar-refractivity contribution in [2.75, 3.05) is 0 Å². The number of benzene rings is 1. The summed E-state index contributed by atoms with van der Waals surface area (Å²) in [6.45, 7) is 1.35. The molecule has 0 aliphatic carbocycles. The number of hydrogen-bond acceptors (Lipinski definition) is 3. The first-order chi connectivity index (χ1) is 7.04. The lowest BCUT2D eigenvalue weighted by Gasteiger charge is -2.18. The van der Waals surface area contributed by atoms with E-state index < -0.39 is 17.9 Å². The van der Waals surface area contributed by atoms with Crippen molar-refractivity contribution in [3.8, 4) is 0 Å². The molecule has 1 rings (SSSR count). The van der Waals surface area contributed by atoms with Gasteiger partial charge < -0.3 is 10.8 Å². The maximum absolute atomic E-state index is 11.3. The fraction of sp³-hybridized carbons (Fsp3) is 0.273. The van der Waals surface area contributed by atoms with Crippen molar-refractivity contribution in [1.82, 2.24) is 0 Å². The zero-order chi connectivity index (χ0) is 11.4. The lowest BCUT2D eigenvalue weighted by molar-refractivity contribution is -0.140. The number of nitrogens with two attached hydrogens (primary N) is 1. The van der Waals surface area contributed by atoms with Crippen LogP contribution in [0.25, 0.3) is 0 Å². The van der Waals surface area contributed by atoms with E-state index in [-0.39, 0.29) is 5.78 Å². The van der Waals surface area contributed by atoms with Gasteiger partial charge in [0, 0.05) is 0 Å². The van der Waals surface area contributed by atoms with Crippen LogP contribution in [-0.2, 0) is 9.59 Å². The number of hydrogen-bond donors (Lipinski definition) is 2. The van der Waals surface area contributed by atoms with E-state index in [1.54, 1.807) is 30.3 Å². The van der Waals surface area contributed by atoms with Crippen molar-refractivity contribution in [2.45, 2.75) is 18.9 Å². The monoisotopic (exact) mass is 207 g/mol. The Morgan fingerprint density at radius 1 is 1.27 bits per heavy atom. The molecule has 0 aliphatic heterocycles. The topological polar surface area (TPSA) is 80.4 Å². The van der Waals surface area contributed by atoms with E-state index in [1.165, 1.54) is 6.92 Å². The second kappa shape index (κ2) is 4.70. The molecule has 0 fully saturated rings. The van der Waals surface area contributed by atoms with Gasteiger partial charge in [0.25, 0.3) is 0 Å². The molecule has 0 spiro atoms. The molecule has 0 saturated heterocycles. The summed E-state index contributed by atoms with van der Waals surface area (Å²) in [5, 5.41) is 8.79. The summed E-state index contributed by atoms with van der Waals surface area (Å²) in [6, 6.07) is 7.51. The summed E-state index contributed by atoms with van der Waals surface area (Å²) in [7, 11) is 0. The molecule has 0 saturated carbocycles. The maximum atomic E-state index is 11.3. The SMILES string of the molecule is CC(=O)[C@H](c1ccccc1)[C@H](N)C(=O)O. The van der Waals surface area contributed by atoms with Gasteiger partial charge in [-0.05, 0) is 12.5 Å². The normalized spacial score (nSPS) is 14.3. The van der Waals surface area contributed by atoms with Crippen molar-refractivity contribution in [1.29, 1.82) is 0 Å². The number of rotatable bonds is 4. The van der Waals surface area contributed by atoms with Crippen LogP contribution < -0.4 is 5.73 Å². The van der Waals surface area contributed by atoms with Gasteiger partial charge >= 0.3 is 5.97 Å². The minimum absolute atomic E-state index is 0.240. The molecule has 4 nitrogen and oxygen atoms in total. The molecule has 0 amide bonds. The molecule has 3 N–H and O–H groups in total. The molecule has 2 atom stereocenters. The third-order valence-corrected chi connectivity index (χ3v) is 2.24. The van der Waals surface area contributed by atoms with Crippen LogP contribution in [-0.4, -0.2) is 22.9 Å². The van der Waals surface area contributed by atoms with Crippen LogP contribution in [0.3, 0.4) is 0 Å². The Hall–Kier alpha value is -1.68. The van der Waals surface area contributed by atoms with E-state index in [4.69, 9.17) is 10.8 Å². The number of carboxylic acids is 1. The molecule has 0 radical (unpaired) electrons. The zero-order valence-electron chi connectivity index (χ0n) is 8.38. The number of carbonyl (C=O) groups is 2. The van der Waals surface area contributed by atoms with Gasteiger partial charge in [0.15, 0.2) is 0 Å². The summed E-state index contributed by atoms with van der Waals surface area (Å²) in [4.78, 5) is 22.1. The molecule has 0 heterocycles. The first-order valence-electron chi connectivity index (χ1n) is 4.58. The molecule has 15 heavy (non-hydrogen) atoms. The third-order valence-electron chi connectivity index (χ3n) is 2.24. The Morgan fingerprint density at radius 2 is 1.80 bits per heavy atom. The Bertz CT molecular complexity index is 361. The van der Waals surface area contributed by atoms with Gasteiger partial charge in [-0.2, -0.15) is 0 Å². The van der Waals surface area contributed by atoms with E-state index in [9.17, 15) is 9.59 Å². The van der Waals surface area contributed by atoms with Crippen molar-refractivity contribution in [2.24, 2.45) is 5.73 Å². The first kappa shape index (κ1) is 11.4. The summed E-state index contributed by atoms with van der Waals surface area (Å²) < 4.78 is 0. The predicted octanol–water partition coefficient (Wildman–Crippen LogP) is 0.771. The van der Waals surface area contributed by atoms with Gasteiger partial charge in [-0.15, -0.1) is 0 Å². The smallest absolute Gasteiger partial charge is 0.321 e. The highest BCUT2D eigenvalue weighted by atomic mass is 16.4. The average molecular weight is 207 g/mol. The van der Waals surface area contributed by atoms with E-state index in [0.29, 0.717) is 5.56 Å². The Morgan fingerprint density at radius 3 is 2.20 bits per heavy atom. The predicted molar refractivity (Wildman–Crippen MR) is 55.5 cm³/mol. The number of carboxylic acid groups (broad SMARTS) is 1. The van der Waals surface area contributed by atoms with Crippen LogP contribution >= 0.6 is 0 Å². The largest absolute Gasteiger partial charge is 0.480 e. The highest BCUT2D eigenvalue weighted by molar-refractivity contribution is 5.90. The van der Waals surface area contributed by atoms with Crippen molar-refractivity contribution in [3.05, 3.63) is 35.9 Å². The zero-order valence-corrected chi connectivity index (χ0v) is 8.38. The number of aliphatic carboxylic acids is 1. The first-order valence-corrected chi connectivity index (χ1v) is 4.58. The number of ketones is 1. The molecular formula is C11H13NO3. The molecule has 0 bridgehead atoms. The van der Waals surface area contributed by atoms with Gasteiger partial charge in [0.05, 0.1) is 5.92 Å². The van der Waals surface area contributed by atoms with Crippen LogP contribution in [0.15, 0.2) is 30.3 Å². The standard InChI is InChI=1S/C11H13NO3/c1-7(13)9(10(12)11(14)15)8-5-3-2-4-6-8/h2-6,9-10H,12H2,1H3,(H,14,15)/t9-,10+/m1/s1. The molecule has 0 unspecified atom stereocenters. The molecule has 1 aromatic rings. The molecule has 1 aromatic carbocycles. The Kier molecular flexibility index (Phi) is 3.57. The van der Waals surface area contributed by atoms with Crippen LogP contribution in [0.5, 0.6) is 0 Å². The van der Waals surface area contributed by atoms with Gasteiger partial charge in [0.1, 0.15) is 11.8 Å². The second-order valence-electron chi connectivity index (χ2n) is 3.36. The van der Waals surface area contributed by atoms with Crippen molar-refractivity contribution >= 4 is 11.8 Å². The summed E-state index contributed by atoms with van der Waals surface area (Å²) in [5.74, 6) is -2.18. The fourth-order valence-electron chi connectivity index (χ4n) is 1.50. The van der Waals surface area contributed by atoms with Gasteiger partial charge in [0.2, 0.25) is 0 Å². The molecule has 4 heteroatoms. The highest BCUT2D eigenvalue weighted by Crippen LogP contribution is 2.19.